The number of nitrogens with zero attached hydrogens (tertiary/aromatic N) is 2. The van der Waals surface area contributed by atoms with Gasteiger partial charge in [-0.1, -0.05) is 35.9 Å². The highest BCUT2D eigenvalue weighted by molar-refractivity contribution is 6.30. The smallest absolute Gasteiger partial charge is 0.262 e. The highest BCUT2D eigenvalue weighted by Gasteiger charge is 2.46. The number of imide groups is 2. The van der Waals surface area contributed by atoms with Crippen LogP contribution in [0.5, 0.6) is 0 Å². The van der Waals surface area contributed by atoms with Crippen LogP contribution in [0.15, 0.2) is 48.5 Å². The topological polar surface area (TPSA) is 74.8 Å². The van der Waals surface area contributed by atoms with E-state index in [-0.39, 0.29) is 36.4 Å². The third-order valence-corrected chi connectivity index (χ3v) is 5.09. The minimum atomic E-state index is -0.978. The van der Waals surface area contributed by atoms with Gasteiger partial charge in [0.1, 0.15) is 6.04 Å². The van der Waals surface area contributed by atoms with Gasteiger partial charge >= 0.3 is 0 Å². The largest absolute Gasteiger partial charge is 0.276 e. The molecule has 0 N–H and O–H groups in total. The molecule has 7 heteroatoms. The van der Waals surface area contributed by atoms with E-state index in [0.29, 0.717) is 10.6 Å². The van der Waals surface area contributed by atoms with Crippen LogP contribution in [0.3, 0.4) is 0 Å². The quantitative estimate of drug-likeness (QED) is 0.765. The highest BCUT2D eigenvalue weighted by atomic mass is 35.5. The van der Waals surface area contributed by atoms with Gasteiger partial charge < -0.3 is 0 Å². The molecule has 0 aromatic heterocycles. The van der Waals surface area contributed by atoms with Gasteiger partial charge in [0.15, 0.2) is 0 Å². The average molecular weight is 383 g/mol. The van der Waals surface area contributed by atoms with Crippen LogP contribution in [0.4, 0.5) is 0 Å². The van der Waals surface area contributed by atoms with E-state index in [9.17, 15) is 19.2 Å². The molecule has 1 saturated heterocycles. The van der Waals surface area contributed by atoms with Crippen molar-refractivity contribution in [3.63, 3.8) is 0 Å². The summed E-state index contributed by atoms with van der Waals surface area (Å²) in [4.78, 5) is 52.7. The van der Waals surface area contributed by atoms with Gasteiger partial charge in [0.2, 0.25) is 5.91 Å². The molecule has 0 radical (unpaired) electrons. The number of halogens is 1. The number of rotatable bonds is 3. The number of fused-ring (bicyclic) bond motifs is 1. The fourth-order valence-electron chi connectivity index (χ4n) is 3.54. The third-order valence-electron chi connectivity index (χ3n) is 4.85. The Hall–Kier alpha value is -2.99. The maximum atomic E-state index is 13.0. The normalized spacial score (nSPS) is 19.7. The summed E-state index contributed by atoms with van der Waals surface area (Å²) in [7, 11) is 0. The number of hydrogen-bond donors (Lipinski definition) is 0. The monoisotopic (exact) mass is 382 g/mol. The summed E-state index contributed by atoms with van der Waals surface area (Å²) in [6.07, 6.45) is 0.222. The lowest BCUT2D eigenvalue weighted by Gasteiger charge is -2.34. The van der Waals surface area contributed by atoms with Crippen molar-refractivity contribution in [1.29, 1.82) is 0 Å². The van der Waals surface area contributed by atoms with Crippen molar-refractivity contribution in [2.45, 2.75) is 25.4 Å². The fraction of sp³-hybridized carbons (Fsp3) is 0.200. The van der Waals surface area contributed by atoms with Crippen LogP contribution in [0.2, 0.25) is 5.02 Å². The Balaban J connectivity index is 1.62. The van der Waals surface area contributed by atoms with Gasteiger partial charge in [0, 0.05) is 11.4 Å². The van der Waals surface area contributed by atoms with Crippen LogP contribution in [-0.2, 0) is 16.1 Å². The molecule has 2 aliphatic rings. The van der Waals surface area contributed by atoms with Crippen LogP contribution < -0.4 is 0 Å². The molecule has 1 unspecified atom stereocenters. The summed E-state index contributed by atoms with van der Waals surface area (Å²) in [5, 5.41) is 0.501. The molecule has 27 heavy (non-hydrogen) atoms. The second-order valence-corrected chi connectivity index (χ2v) is 6.96. The molecule has 2 aliphatic heterocycles. The van der Waals surface area contributed by atoms with Crippen LogP contribution in [-0.4, -0.2) is 39.5 Å². The van der Waals surface area contributed by atoms with Crippen molar-refractivity contribution in [1.82, 2.24) is 9.80 Å². The number of hydrogen-bond acceptors (Lipinski definition) is 4. The van der Waals surface area contributed by atoms with Crippen LogP contribution >= 0.6 is 11.6 Å². The third kappa shape index (κ3) is 2.92. The molecule has 6 nitrogen and oxygen atoms in total. The maximum absolute atomic E-state index is 13.0. The van der Waals surface area contributed by atoms with E-state index in [2.05, 4.69) is 0 Å². The first-order valence-corrected chi connectivity index (χ1v) is 8.91. The van der Waals surface area contributed by atoms with Crippen molar-refractivity contribution in [3.05, 3.63) is 70.2 Å². The lowest BCUT2D eigenvalue weighted by molar-refractivity contribution is -0.152. The van der Waals surface area contributed by atoms with Crippen LogP contribution in [0.25, 0.3) is 0 Å². The van der Waals surface area contributed by atoms with Crippen LogP contribution in [0.1, 0.15) is 39.1 Å². The molecular formula is C20H15ClN2O4. The first-order valence-electron chi connectivity index (χ1n) is 8.53. The molecule has 2 heterocycles. The SMILES string of the molecule is O=C1CCC(N2C(=O)c3ccccc3C2=O)C(=O)N1Cc1cccc(Cl)c1. The van der Waals surface area contributed by atoms with E-state index >= 15 is 0 Å². The minimum absolute atomic E-state index is 0.0535. The zero-order valence-electron chi connectivity index (χ0n) is 14.2. The Bertz CT molecular complexity index is 952. The molecule has 0 aliphatic carbocycles. The predicted octanol–water partition coefficient (Wildman–Crippen LogP) is 2.65. The second kappa shape index (κ2) is 6.63. The number of amides is 4. The molecule has 0 saturated carbocycles. The molecule has 136 valence electrons. The van der Waals surface area contributed by atoms with Gasteiger partial charge in [-0.25, -0.2) is 0 Å². The van der Waals surface area contributed by atoms with E-state index in [1.165, 1.54) is 0 Å². The van der Waals surface area contributed by atoms with Gasteiger partial charge in [-0.05, 0) is 36.2 Å². The van der Waals surface area contributed by atoms with Crippen LogP contribution in [0, 0.1) is 0 Å². The highest BCUT2D eigenvalue weighted by Crippen LogP contribution is 2.29. The summed E-state index contributed by atoms with van der Waals surface area (Å²) in [5.41, 5.74) is 1.27. The zero-order chi connectivity index (χ0) is 19.1. The average Bonchev–Trinajstić information content (AvgIpc) is 2.91. The summed E-state index contributed by atoms with van der Waals surface area (Å²) < 4.78 is 0. The summed E-state index contributed by atoms with van der Waals surface area (Å²) in [6.45, 7) is 0.0535. The number of carbonyl (C=O) groups excluding carboxylic acids is 4. The first kappa shape index (κ1) is 17.4. The number of likely N-dealkylation sites (tertiary alicyclic amines) is 1. The van der Waals surface area contributed by atoms with Crippen molar-refractivity contribution in [2.75, 3.05) is 0 Å². The van der Waals surface area contributed by atoms with Crippen molar-refractivity contribution in [3.8, 4) is 0 Å². The van der Waals surface area contributed by atoms with E-state index < -0.39 is 23.8 Å². The Morgan fingerprint density at radius 3 is 2.22 bits per heavy atom. The molecule has 4 rings (SSSR count). The van der Waals surface area contributed by atoms with Gasteiger partial charge in [0.25, 0.3) is 17.7 Å². The van der Waals surface area contributed by atoms with E-state index in [0.717, 1.165) is 9.80 Å². The summed E-state index contributed by atoms with van der Waals surface area (Å²) in [5.74, 6) is -1.86. The maximum Gasteiger partial charge on any atom is 0.262 e. The first-order chi connectivity index (χ1) is 13.0. The summed E-state index contributed by atoms with van der Waals surface area (Å²) >= 11 is 5.97. The summed E-state index contributed by atoms with van der Waals surface area (Å²) in [6, 6.07) is 12.4. The lowest BCUT2D eigenvalue weighted by atomic mass is 10.0. The molecular weight excluding hydrogens is 368 g/mol. The Morgan fingerprint density at radius 1 is 0.926 bits per heavy atom. The molecule has 2 aromatic rings. The molecule has 0 spiro atoms. The second-order valence-electron chi connectivity index (χ2n) is 6.53. The molecule has 0 bridgehead atoms. The standard InChI is InChI=1S/C20H15ClN2O4/c21-13-5-3-4-12(10-13)11-22-17(24)9-8-16(20(22)27)23-18(25)14-6-1-2-7-15(14)19(23)26/h1-7,10,16H,8-9,11H2. The van der Waals surface area contributed by atoms with Gasteiger partial charge in [0.05, 0.1) is 17.7 Å². The lowest BCUT2D eigenvalue weighted by Crippen LogP contribution is -2.55. The fourth-order valence-corrected chi connectivity index (χ4v) is 3.75. The Kier molecular flexibility index (Phi) is 4.28. The van der Waals surface area contributed by atoms with Crippen molar-refractivity contribution >= 4 is 35.2 Å². The minimum Gasteiger partial charge on any atom is -0.276 e. The molecule has 1 atom stereocenters. The van der Waals surface area contributed by atoms with Gasteiger partial charge in [-0.3, -0.25) is 29.0 Å². The molecule has 1 fully saturated rings. The Morgan fingerprint density at radius 2 is 1.59 bits per heavy atom. The van der Waals surface area contributed by atoms with Gasteiger partial charge in [-0.15, -0.1) is 0 Å². The number of piperidine rings is 1. The molecule has 4 amide bonds. The molecule has 2 aromatic carbocycles. The van der Waals surface area contributed by atoms with E-state index in [4.69, 9.17) is 11.6 Å². The zero-order valence-corrected chi connectivity index (χ0v) is 15.0. The van der Waals surface area contributed by atoms with Gasteiger partial charge in [-0.2, -0.15) is 0 Å². The predicted molar refractivity (Wildman–Crippen MR) is 97.0 cm³/mol. The van der Waals surface area contributed by atoms with Crippen molar-refractivity contribution < 1.29 is 19.2 Å². The van der Waals surface area contributed by atoms with E-state index in [1.807, 2.05) is 0 Å². The van der Waals surface area contributed by atoms with Crippen molar-refractivity contribution in [2.24, 2.45) is 0 Å². The number of benzene rings is 2. The van der Waals surface area contributed by atoms with E-state index in [1.54, 1.807) is 48.5 Å². The Labute approximate surface area is 160 Å². The number of carbonyl (C=O) groups is 4.